The molecule has 0 amide bonds. The molecule has 0 aliphatic rings. The molecule has 12 heteroatoms. The van der Waals surface area contributed by atoms with Crippen LogP contribution in [0.4, 0.5) is 0 Å². The second kappa shape index (κ2) is 12.2. The first-order valence-corrected chi connectivity index (χ1v) is 26.3. The van der Waals surface area contributed by atoms with Crippen LogP contribution in [0.25, 0.3) is 229 Å². The van der Waals surface area contributed by atoms with E-state index in [4.69, 9.17) is 29.9 Å². The minimum absolute atomic E-state index is 0.594. The lowest BCUT2D eigenvalue weighted by Gasteiger charge is -2.13. The normalized spacial score (nSPS) is 13.4. The standard InChI is InChI=1S/C66H30N12/c1-7-28-19-40-34-13-14-36-42-21-30-9-3-26-5-11-32-23-44(71-53(32)47(26)51(30)69-42)38-17-18-39-45-24-33-12-6-27-4-10-31-22-43(70-52(31)48(27)54(33)72-45)37-16-15-35(41-20-29-8-2-25(1)46(49(28)67-40)50(29)68-41)56-58(37)76-64-62(74-56)61-63(75-57(36)55(34)73-61)65-66(64)78-60(39)59(38)77-65/h1-24,67-72H. The van der Waals surface area contributed by atoms with Crippen molar-refractivity contribution in [2.45, 2.75) is 0 Å². The first-order valence-electron chi connectivity index (χ1n) is 26.3. The number of nitrogens with one attached hydrogen (secondary N) is 6. The highest BCUT2D eigenvalue weighted by atomic mass is 14.9. The average Bonchev–Trinajstić information content (AvgIpc) is 4.46. The summed E-state index contributed by atoms with van der Waals surface area (Å²) in [6, 6.07) is 53.3. The van der Waals surface area contributed by atoms with Gasteiger partial charge in [-0.3, -0.25) is 0 Å². The Labute approximate surface area is 432 Å². The van der Waals surface area contributed by atoms with Crippen LogP contribution in [-0.4, -0.2) is 59.8 Å². The fourth-order valence-corrected chi connectivity index (χ4v) is 14.4. The summed E-state index contributed by atoms with van der Waals surface area (Å²) in [4.78, 5) is 59.0. The quantitative estimate of drug-likeness (QED) is 0.0652. The van der Waals surface area contributed by atoms with Crippen molar-refractivity contribution in [3.05, 3.63) is 146 Å². The van der Waals surface area contributed by atoms with Crippen LogP contribution in [0.15, 0.2) is 146 Å². The van der Waals surface area contributed by atoms with E-state index in [9.17, 15) is 0 Å². The molecular formula is C66H30N12. The molecule has 354 valence electrons. The lowest BCUT2D eigenvalue weighted by Crippen LogP contribution is -2.00. The molecule has 10 aromatic carbocycles. The van der Waals surface area contributed by atoms with Gasteiger partial charge in [0.15, 0.2) is 0 Å². The molecule has 0 unspecified atom stereocenters. The highest BCUT2D eigenvalue weighted by Crippen LogP contribution is 2.44. The number of H-pyrrole nitrogens is 6. The van der Waals surface area contributed by atoms with E-state index in [0.29, 0.717) is 33.1 Å². The average molecular weight is 991 g/mol. The molecule has 0 aliphatic heterocycles. The summed E-state index contributed by atoms with van der Waals surface area (Å²) in [6.45, 7) is 0. The van der Waals surface area contributed by atoms with Crippen molar-refractivity contribution in [2.24, 2.45) is 0 Å². The number of nitrogens with zero attached hydrogens (tertiary/aromatic N) is 6. The monoisotopic (exact) mass is 990 g/mol. The van der Waals surface area contributed by atoms with Gasteiger partial charge in [0.25, 0.3) is 0 Å². The van der Waals surface area contributed by atoms with E-state index in [1.807, 2.05) is 0 Å². The number of rotatable bonds is 0. The van der Waals surface area contributed by atoms with Crippen LogP contribution < -0.4 is 0 Å². The zero-order valence-electron chi connectivity index (χ0n) is 40.5. The largest absolute Gasteiger partial charge is 0.354 e. The lowest BCUT2D eigenvalue weighted by atomic mass is 10.0. The highest BCUT2D eigenvalue weighted by Gasteiger charge is 2.25. The van der Waals surface area contributed by atoms with Crippen molar-refractivity contribution in [1.29, 1.82) is 0 Å². The maximum Gasteiger partial charge on any atom is 0.120 e. The molecule has 12 aromatic heterocycles. The van der Waals surface area contributed by atoms with Crippen molar-refractivity contribution in [2.75, 3.05) is 0 Å². The molecule has 78 heavy (non-hydrogen) atoms. The minimum Gasteiger partial charge on any atom is -0.354 e. The van der Waals surface area contributed by atoms with E-state index < -0.39 is 0 Å². The zero-order valence-corrected chi connectivity index (χ0v) is 40.5. The van der Waals surface area contributed by atoms with Gasteiger partial charge in [0.05, 0.1) is 66.2 Å². The van der Waals surface area contributed by atoms with Gasteiger partial charge in [-0.05, 0) is 89.0 Å². The molecule has 0 radical (unpaired) electrons. The lowest BCUT2D eigenvalue weighted by molar-refractivity contribution is 1.35. The Kier molecular flexibility index (Phi) is 5.92. The highest BCUT2D eigenvalue weighted by molar-refractivity contribution is 6.31. The Morgan fingerprint density at radius 2 is 0.346 bits per heavy atom. The van der Waals surface area contributed by atoms with Crippen LogP contribution in [0.3, 0.4) is 0 Å². The molecule has 0 saturated heterocycles. The first-order chi connectivity index (χ1) is 38.5. The number of benzene rings is 10. The summed E-state index contributed by atoms with van der Waals surface area (Å²) < 4.78 is 0. The van der Waals surface area contributed by atoms with Gasteiger partial charge in [0.2, 0.25) is 0 Å². The Morgan fingerprint density at radius 1 is 0.179 bits per heavy atom. The number of hydrogen-bond donors (Lipinski definition) is 6. The van der Waals surface area contributed by atoms with Gasteiger partial charge in [-0.25, -0.2) is 29.9 Å². The van der Waals surface area contributed by atoms with Crippen LogP contribution in [-0.2, 0) is 0 Å². The smallest absolute Gasteiger partial charge is 0.120 e. The topological polar surface area (TPSA) is 172 Å². The van der Waals surface area contributed by atoms with Gasteiger partial charge in [0.1, 0.15) is 33.1 Å². The van der Waals surface area contributed by atoms with Crippen molar-refractivity contribution < 1.29 is 0 Å². The molecule has 0 fully saturated rings. The van der Waals surface area contributed by atoms with E-state index in [1.165, 1.54) is 0 Å². The molecule has 0 aliphatic carbocycles. The zero-order chi connectivity index (χ0) is 49.7. The van der Waals surface area contributed by atoms with Gasteiger partial charge in [-0.2, -0.15) is 0 Å². The van der Waals surface area contributed by atoms with E-state index in [2.05, 4.69) is 175 Å². The number of hydrogen-bond acceptors (Lipinski definition) is 6. The number of aromatic nitrogens is 12. The maximum absolute atomic E-state index is 5.88. The Bertz CT molecular complexity index is 5570. The molecule has 22 rings (SSSR count). The molecule has 0 saturated carbocycles. The summed E-state index contributed by atoms with van der Waals surface area (Å²) in [5, 5.41) is 18.9. The van der Waals surface area contributed by atoms with E-state index >= 15 is 0 Å². The summed E-state index contributed by atoms with van der Waals surface area (Å²) >= 11 is 0. The first kappa shape index (κ1) is 37.7. The summed E-state index contributed by atoms with van der Waals surface area (Å²) in [7, 11) is 0. The summed E-state index contributed by atoms with van der Waals surface area (Å²) in [5.74, 6) is 0. The predicted molar refractivity (Wildman–Crippen MR) is 321 cm³/mol. The van der Waals surface area contributed by atoms with Crippen LogP contribution >= 0.6 is 0 Å². The Balaban J connectivity index is 1.09. The minimum atomic E-state index is 0.594. The van der Waals surface area contributed by atoms with Crippen molar-refractivity contribution in [1.82, 2.24) is 59.8 Å². The molecule has 0 atom stereocenters. The fraction of sp³-hybridized carbons (Fsp3) is 0. The molecular weight excluding hydrogens is 961 g/mol. The second-order valence-electron chi connectivity index (χ2n) is 21.9. The van der Waals surface area contributed by atoms with Gasteiger partial charge in [-0.15, -0.1) is 0 Å². The third-order valence-electron chi connectivity index (χ3n) is 18.0. The Hall–Kier alpha value is -11.0. The van der Waals surface area contributed by atoms with Crippen molar-refractivity contribution in [3.8, 4) is 0 Å². The van der Waals surface area contributed by atoms with Crippen LogP contribution in [0.2, 0.25) is 0 Å². The van der Waals surface area contributed by atoms with E-state index in [1.54, 1.807) is 0 Å². The SMILES string of the molecule is c1cc2ccc3cc4[nH]c3c2c2[nH]c(cc12)c1ccc2c3cc5ccc6ccc7cc([nH]c7c6c5[nH]3)c3ccc5c6cc7ccc8ccc9cc([nH]c9c8c7[nH]6)c6ccc4c4nc7c8nc1c2nc8c1nc3c5nc1c7nc64. The number of aromatic amines is 6. The molecule has 12 heterocycles. The molecule has 24 bridgehead atoms. The summed E-state index contributed by atoms with van der Waals surface area (Å²) in [5.41, 5.74) is 19.9. The molecule has 12 nitrogen and oxygen atoms in total. The van der Waals surface area contributed by atoms with Crippen molar-refractivity contribution >= 4 is 229 Å². The van der Waals surface area contributed by atoms with Gasteiger partial charge >= 0.3 is 0 Å². The third kappa shape index (κ3) is 4.26. The summed E-state index contributed by atoms with van der Waals surface area (Å²) in [6.07, 6.45) is 0. The van der Waals surface area contributed by atoms with Crippen molar-refractivity contribution in [3.63, 3.8) is 0 Å². The second-order valence-corrected chi connectivity index (χ2v) is 21.9. The van der Waals surface area contributed by atoms with Gasteiger partial charge in [0, 0.05) is 114 Å². The fourth-order valence-electron chi connectivity index (χ4n) is 14.4. The number of fused-ring (bicyclic) bond motifs is 12. The van der Waals surface area contributed by atoms with E-state index in [-0.39, 0.29) is 0 Å². The third-order valence-corrected chi connectivity index (χ3v) is 18.0. The van der Waals surface area contributed by atoms with Crippen LogP contribution in [0.5, 0.6) is 0 Å². The van der Waals surface area contributed by atoms with Gasteiger partial charge in [-0.1, -0.05) is 72.8 Å². The molecule has 22 aromatic rings. The Morgan fingerprint density at radius 3 is 0.526 bits per heavy atom. The van der Waals surface area contributed by atoms with Crippen LogP contribution in [0.1, 0.15) is 0 Å². The van der Waals surface area contributed by atoms with E-state index in [0.717, 1.165) is 196 Å². The molecule has 6 N–H and O–H groups in total. The van der Waals surface area contributed by atoms with Crippen LogP contribution in [0, 0.1) is 0 Å². The molecule has 0 spiro atoms. The maximum atomic E-state index is 5.88. The van der Waals surface area contributed by atoms with Gasteiger partial charge < -0.3 is 29.9 Å². The predicted octanol–water partition coefficient (Wildman–Crippen LogP) is 16.6.